The highest BCUT2D eigenvalue weighted by Crippen LogP contribution is 2.24. The minimum Gasteiger partial charge on any atom is -0.493 e. The molecule has 0 saturated heterocycles. The lowest BCUT2D eigenvalue weighted by Gasteiger charge is -2.13. The maximum atomic E-state index is 12.5. The Kier molecular flexibility index (Phi) is 7.71. The zero-order valence-electron chi connectivity index (χ0n) is 16.2. The van der Waals surface area contributed by atoms with Crippen LogP contribution in [0, 0.1) is 5.92 Å². The largest absolute Gasteiger partial charge is 0.493 e. The molecule has 0 unspecified atom stereocenters. The summed E-state index contributed by atoms with van der Waals surface area (Å²) in [7, 11) is -3.50. The number of ether oxygens (including phenoxy) is 1. The Morgan fingerprint density at radius 1 is 1.18 bits per heavy atom. The molecule has 2 rings (SSSR count). The fourth-order valence-electron chi connectivity index (χ4n) is 2.42. The van der Waals surface area contributed by atoms with Gasteiger partial charge >= 0.3 is 0 Å². The Hall–Kier alpha value is -2.25. The van der Waals surface area contributed by atoms with Gasteiger partial charge in [0.15, 0.2) is 0 Å². The molecule has 152 valence electrons. The third-order valence-corrected chi connectivity index (χ3v) is 4.81. The molecule has 6 nitrogen and oxygen atoms in total. The number of halogens is 1. The molecule has 0 aliphatic carbocycles. The van der Waals surface area contributed by atoms with Crippen molar-refractivity contribution in [1.29, 1.82) is 0 Å². The van der Waals surface area contributed by atoms with Gasteiger partial charge in [0.2, 0.25) is 10.0 Å². The van der Waals surface area contributed by atoms with Crippen LogP contribution < -0.4 is 14.8 Å². The van der Waals surface area contributed by atoms with E-state index in [1.807, 2.05) is 24.3 Å². The van der Waals surface area contributed by atoms with Crippen molar-refractivity contribution >= 4 is 33.2 Å². The number of amides is 1. The second kappa shape index (κ2) is 9.80. The van der Waals surface area contributed by atoms with E-state index in [1.54, 1.807) is 0 Å². The van der Waals surface area contributed by atoms with Crippen LogP contribution in [0.1, 0.15) is 36.2 Å². The smallest absolute Gasteiger partial charge is 0.251 e. The zero-order valence-corrected chi connectivity index (χ0v) is 17.7. The molecule has 2 aromatic rings. The zero-order chi connectivity index (χ0) is 20.7. The first-order chi connectivity index (χ1) is 13.2. The van der Waals surface area contributed by atoms with Crippen LogP contribution >= 0.6 is 11.6 Å². The second-order valence-corrected chi connectivity index (χ2v) is 9.05. The van der Waals surface area contributed by atoms with Crippen LogP contribution in [0.25, 0.3) is 0 Å². The van der Waals surface area contributed by atoms with Gasteiger partial charge in [0.05, 0.1) is 23.6 Å². The molecule has 0 atom stereocenters. The molecular weight excluding hydrogens is 400 g/mol. The number of carbonyl (C=O) groups excluding carboxylic acids is 1. The van der Waals surface area contributed by atoms with Crippen LogP contribution in [0.3, 0.4) is 0 Å². The highest BCUT2D eigenvalue weighted by molar-refractivity contribution is 7.92. The summed E-state index contributed by atoms with van der Waals surface area (Å²) in [4.78, 5) is 12.5. The lowest BCUT2D eigenvalue weighted by Crippen LogP contribution is -2.23. The van der Waals surface area contributed by atoms with E-state index in [4.69, 9.17) is 16.3 Å². The molecule has 0 aliphatic heterocycles. The van der Waals surface area contributed by atoms with Gasteiger partial charge in [-0.15, -0.1) is 0 Å². The molecule has 0 bridgehead atoms. The molecule has 0 aromatic heterocycles. The molecule has 0 heterocycles. The van der Waals surface area contributed by atoms with E-state index in [1.165, 1.54) is 18.2 Å². The van der Waals surface area contributed by atoms with Crippen LogP contribution in [0.4, 0.5) is 5.69 Å². The number of rotatable bonds is 9. The van der Waals surface area contributed by atoms with Crippen molar-refractivity contribution < 1.29 is 17.9 Å². The van der Waals surface area contributed by atoms with Crippen LogP contribution in [-0.2, 0) is 16.6 Å². The Labute approximate surface area is 171 Å². The topological polar surface area (TPSA) is 84.5 Å². The average molecular weight is 425 g/mol. The molecule has 0 aliphatic rings. The number of benzene rings is 2. The molecule has 0 radical (unpaired) electrons. The van der Waals surface area contributed by atoms with Crippen molar-refractivity contribution in [2.45, 2.75) is 26.8 Å². The minimum atomic E-state index is -3.50. The van der Waals surface area contributed by atoms with Crippen LogP contribution in [0.5, 0.6) is 5.75 Å². The normalized spacial score (nSPS) is 11.3. The number of para-hydroxylation sites is 1. The van der Waals surface area contributed by atoms with E-state index in [0.717, 1.165) is 24.0 Å². The summed E-state index contributed by atoms with van der Waals surface area (Å²) in [6, 6.07) is 12.0. The molecule has 0 fully saturated rings. The quantitative estimate of drug-likeness (QED) is 0.635. The van der Waals surface area contributed by atoms with Crippen molar-refractivity contribution in [2.75, 3.05) is 17.6 Å². The van der Waals surface area contributed by atoms with E-state index in [9.17, 15) is 13.2 Å². The molecule has 8 heteroatoms. The number of nitrogens with one attached hydrogen (secondary N) is 2. The molecule has 28 heavy (non-hydrogen) atoms. The first kappa shape index (κ1) is 22.0. The van der Waals surface area contributed by atoms with E-state index >= 15 is 0 Å². The lowest BCUT2D eigenvalue weighted by atomic mass is 10.1. The van der Waals surface area contributed by atoms with Gasteiger partial charge in [-0.05, 0) is 36.6 Å². The first-order valence-corrected chi connectivity index (χ1v) is 11.2. The summed E-state index contributed by atoms with van der Waals surface area (Å²) >= 11 is 6.00. The van der Waals surface area contributed by atoms with Gasteiger partial charge in [0.25, 0.3) is 5.91 Å². The van der Waals surface area contributed by atoms with Crippen LogP contribution in [0.2, 0.25) is 5.02 Å². The van der Waals surface area contributed by atoms with Crippen molar-refractivity contribution in [2.24, 2.45) is 5.92 Å². The summed E-state index contributed by atoms with van der Waals surface area (Å²) in [6.45, 7) is 5.16. The van der Waals surface area contributed by atoms with Crippen molar-refractivity contribution in [3.8, 4) is 5.75 Å². The van der Waals surface area contributed by atoms with E-state index in [2.05, 4.69) is 23.9 Å². The highest BCUT2D eigenvalue weighted by atomic mass is 35.5. The summed E-state index contributed by atoms with van der Waals surface area (Å²) in [5.74, 6) is 0.940. The van der Waals surface area contributed by atoms with Gasteiger partial charge in [-0.25, -0.2) is 8.42 Å². The third-order valence-electron chi connectivity index (χ3n) is 3.89. The maximum Gasteiger partial charge on any atom is 0.251 e. The van der Waals surface area contributed by atoms with Crippen molar-refractivity contribution in [1.82, 2.24) is 5.32 Å². The second-order valence-electron chi connectivity index (χ2n) is 6.89. The Morgan fingerprint density at radius 2 is 1.89 bits per heavy atom. The monoisotopic (exact) mass is 424 g/mol. The molecule has 0 spiro atoms. The van der Waals surface area contributed by atoms with Gasteiger partial charge in [-0.3, -0.25) is 9.52 Å². The third kappa shape index (κ3) is 7.05. The van der Waals surface area contributed by atoms with Gasteiger partial charge in [-0.1, -0.05) is 43.6 Å². The summed E-state index contributed by atoms with van der Waals surface area (Å²) < 4.78 is 31.0. The lowest BCUT2D eigenvalue weighted by molar-refractivity contribution is 0.0950. The van der Waals surface area contributed by atoms with E-state index in [-0.39, 0.29) is 23.2 Å². The summed E-state index contributed by atoms with van der Waals surface area (Å²) in [6.07, 6.45) is 1.97. The van der Waals surface area contributed by atoms with Crippen LogP contribution in [-0.4, -0.2) is 27.2 Å². The van der Waals surface area contributed by atoms with Gasteiger partial charge in [-0.2, -0.15) is 0 Å². The van der Waals surface area contributed by atoms with Gasteiger partial charge in [0, 0.05) is 17.7 Å². The fraction of sp³-hybridized carbons (Fsp3) is 0.350. The fourth-order valence-corrected chi connectivity index (χ4v) is 3.21. The number of hydrogen-bond donors (Lipinski definition) is 2. The molecule has 1 amide bonds. The van der Waals surface area contributed by atoms with Gasteiger partial charge in [0.1, 0.15) is 5.75 Å². The minimum absolute atomic E-state index is 0.161. The molecular formula is C20H25ClN2O4S. The predicted molar refractivity (Wildman–Crippen MR) is 112 cm³/mol. The number of carbonyl (C=O) groups is 1. The molecule has 2 aromatic carbocycles. The average Bonchev–Trinajstić information content (AvgIpc) is 2.61. The number of anilines is 1. The summed E-state index contributed by atoms with van der Waals surface area (Å²) in [5, 5.41) is 3.04. The van der Waals surface area contributed by atoms with Gasteiger partial charge < -0.3 is 10.1 Å². The van der Waals surface area contributed by atoms with E-state index < -0.39 is 10.0 Å². The van der Waals surface area contributed by atoms with E-state index in [0.29, 0.717) is 18.1 Å². The van der Waals surface area contributed by atoms with Crippen molar-refractivity contribution in [3.63, 3.8) is 0 Å². The maximum absolute atomic E-state index is 12.5. The predicted octanol–water partition coefficient (Wildman–Crippen LogP) is 4.07. The molecule has 0 saturated carbocycles. The first-order valence-electron chi connectivity index (χ1n) is 8.92. The summed E-state index contributed by atoms with van der Waals surface area (Å²) in [5.41, 5.74) is 1.33. The molecule has 2 N–H and O–H groups in total. The Morgan fingerprint density at radius 3 is 2.57 bits per heavy atom. The number of hydrogen-bond acceptors (Lipinski definition) is 4. The van der Waals surface area contributed by atoms with Crippen molar-refractivity contribution in [3.05, 3.63) is 58.6 Å². The number of sulfonamides is 1. The van der Waals surface area contributed by atoms with Crippen LogP contribution in [0.15, 0.2) is 42.5 Å². The SMILES string of the molecule is CC(C)CCOc1ccccc1CNC(=O)c1ccc(Cl)c(NS(C)(=O)=O)c1. The Bertz CT molecular complexity index is 930. The standard InChI is InChI=1S/C20H25ClN2O4S/c1-14(2)10-11-27-19-7-5-4-6-16(19)13-22-20(24)15-8-9-17(21)18(12-15)23-28(3,25)26/h4-9,12,14,23H,10-11,13H2,1-3H3,(H,22,24). The Balaban J connectivity index is 2.06. The highest BCUT2D eigenvalue weighted by Gasteiger charge is 2.12.